The van der Waals surface area contributed by atoms with Crippen molar-refractivity contribution in [2.24, 2.45) is 5.41 Å². The third-order valence-corrected chi connectivity index (χ3v) is 2.37. The van der Waals surface area contributed by atoms with Gasteiger partial charge in [0.15, 0.2) is 12.1 Å². The number of ether oxygens (including phenoxy) is 3. The van der Waals surface area contributed by atoms with E-state index in [-0.39, 0.29) is 24.4 Å². The zero-order chi connectivity index (χ0) is 12.4. The molecule has 4 heteroatoms. The molecule has 1 N–H and O–H groups in total. The topological polar surface area (TPSA) is 47.9 Å². The molecule has 2 atom stereocenters. The van der Waals surface area contributed by atoms with Crippen molar-refractivity contribution in [3.05, 3.63) is 0 Å². The Morgan fingerprint density at radius 2 is 2.06 bits per heavy atom. The summed E-state index contributed by atoms with van der Waals surface area (Å²) in [6, 6.07) is 0. The van der Waals surface area contributed by atoms with E-state index in [4.69, 9.17) is 14.2 Å². The van der Waals surface area contributed by atoms with Gasteiger partial charge in [0.05, 0.1) is 12.7 Å². The van der Waals surface area contributed by atoms with E-state index >= 15 is 0 Å². The fourth-order valence-corrected chi connectivity index (χ4v) is 1.77. The summed E-state index contributed by atoms with van der Waals surface area (Å²) in [6.45, 7) is 10.5. The molecule has 96 valence electrons. The van der Waals surface area contributed by atoms with Crippen LogP contribution in [0, 0.1) is 5.41 Å². The summed E-state index contributed by atoms with van der Waals surface area (Å²) in [5.74, 6) is -0.577. The largest absolute Gasteiger partial charge is 0.394 e. The predicted molar refractivity (Wildman–Crippen MR) is 60.9 cm³/mol. The summed E-state index contributed by atoms with van der Waals surface area (Å²) in [4.78, 5) is 0. The highest BCUT2D eigenvalue weighted by Crippen LogP contribution is 2.27. The predicted octanol–water partition coefficient (Wildman–Crippen LogP) is 1.91. The SMILES string of the molecule is CC(C)(C)CC(CO)OC1COC(C)(C)O1. The molecular formula is C12H24O4. The summed E-state index contributed by atoms with van der Waals surface area (Å²) in [6.07, 6.45) is 0.237. The van der Waals surface area contributed by atoms with E-state index in [0.29, 0.717) is 6.61 Å². The van der Waals surface area contributed by atoms with Crippen LogP contribution in [0.3, 0.4) is 0 Å². The van der Waals surface area contributed by atoms with Crippen molar-refractivity contribution in [2.75, 3.05) is 13.2 Å². The molecule has 0 aromatic rings. The molecule has 2 unspecified atom stereocenters. The molecule has 0 aromatic heterocycles. The highest BCUT2D eigenvalue weighted by atomic mass is 16.8. The van der Waals surface area contributed by atoms with E-state index in [1.807, 2.05) is 13.8 Å². The number of rotatable bonds is 4. The number of hydrogen-bond donors (Lipinski definition) is 1. The average molecular weight is 232 g/mol. The zero-order valence-electron chi connectivity index (χ0n) is 10.9. The Balaban J connectivity index is 2.40. The highest BCUT2D eigenvalue weighted by molar-refractivity contribution is 4.71. The molecule has 1 aliphatic heterocycles. The lowest BCUT2D eigenvalue weighted by atomic mass is 9.89. The quantitative estimate of drug-likeness (QED) is 0.804. The van der Waals surface area contributed by atoms with Crippen molar-refractivity contribution in [1.82, 2.24) is 0 Å². The minimum Gasteiger partial charge on any atom is -0.394 e. The molecule has 0 amide bonds. The molecule has 0 radical (unpaired) electrons. The highest BCUT2D eigenvalue weighted by Gasteiger charge is 2.35. The molecule has 1 aliphatic rings. The first-order chi connectivity index (χ1) is 7.22. The van der Waals surface area contributed by atoms with Crippen LogP contribution in [0.4, 0.5) is 0 Å². The van der Waals surface area contributed by atoms with E-state index in [2.05, 4.69) is 20.8 Å². The van der Waals surface area contributed by atoms with Crippen molar-refractivity contribution in [1.29, 1.82) is 0 Å². The second kappa shape index (κ2) is 5.00. The van der Waals surface area contributed by atoms with E-state index in [0.717, 1.165) is 6.42 Å². The van der Waals surface area contributed by atoms with Gasteiger partial charge in [-0.15, -0.1) is 0 Å². The maximum Gasteiger partial charge on any atom is 0.184 e. The number of aliphatic hydroxyl groups excluding tert-OH is 1. The van der Waals surface area contributed by atoms with Gasteiger partial charge in [0.1, 0.15) is 6.61 Å². The molecule has 0 aliphatic carbocycles. The minimum absolute atomic E-state index is 0.0115. The lowest BCUT2D eigenvalue weighted by Gasteiger charge is -2.27. The first-order valence-corrected chi connectivity index (χ1v) is 5.80. The maximum atomic E-state index is 9.26. The van der Waals surface area contributed by atoms with Crippen LogP contribution in [0.15, 0.2) is 0 Å². The average Bonchev–Trinajstić information content (AvgIpc) is 2.42. The molecule has 0 aromatic carbocycles. The first-order valence-electron chi connectivity index (χ1n) is 5.80. The molecule has 0 bridgehead atoms. The molecule has 1 fully saturated rings. The van der Waals surface area contributed by atoms with Crippen LogP contribution in [-0.4, -0.2) is 36.5 Å². The zero-order valence-corrected chi connectivity index (χ0v) is 10.9. The smallest absolute Gasteiger partial charge is 0.184 e. The van der Waals surface area contributed by atoms with Crippen LogP contribution < -0.4 is 0 Å². The van der Waals surface area contributed by atoms with Gasteiger partial charge >= 0.3 is 0 Å². The van der Waals surface area contributed by atoms with Gasteiger partial charge < -0.3 is 19.3 Å². The summed E-state index contributed by atoms with van der Waals surface area (Å²) >= 11 is 0. The van der Waals surface area contributed by atoms with Gasteiger partial charge in [-0.2, -0.15) is 0 Å². The Labute approximate surface area is 97.9 Å². The summed E-state index contributed by atoms with van der Waals surface area (Å²) in [7, 11) is 0. The molecule has 1 saturated heterocycles. The summed E-state index contributed by atoms with van der Waals surface area (Å²) < 4.78 is 16.6. The lowest BCUT2D eigenvalue weighted by molar-refractivity contribution is -0.211. The summed E-state index contributed by atoms with van der Waals surface area (Å²) in [5, 5.41) is 9.26. The number of aliphatic hydroxyl groups is 1. The Hall–Kier alpha value is -0.160. The van der Waals surface area contributed by atoms with Crippen molar-refractivity contribution < 1.29 is 19.3 Å². The standard InChI is InChI=1S/C12H24O4/c1-11(2,3)6-9(7-13)15-10-8-14-12(4,5)16-10/h9-10,13H,6-8H2,1-5H3. The normalized spacial score (nSPS) is 27.0. The molecule has 1 heterocycles. The van der Waals surface area contributed by atoms with E-state index < -0.39 is 5.79 Å². The van der Waals surface area contributed by atoms with E-state index in [9.17, 15) is 5.11 Å². The van der Waals surface area contributed by atoms with Crippen LogP contribution in [0.2, 0.25) is 0 Å². The lowest BCUT2D eigenvalue weighted by Crippen LogP contribution is -2.31. The van der Waals surface area contributed by atoms with Crippen molar-refractivity contribution in [3.8, 4) is 0 Å². The van der Waals surface area contributed by atoms with Gasteiger partial charge in [-0.05, 0) is 25.7 Å². The fraction of sp³-hybridized carbons (Fsp3) is 1.00. The Morgan fingerprint density at radius 1 is 1.44 bits per heavy atom. The van der Waals surface area contributed by atoms with Gasteiger partial charge in [-0.3, -0.25) is 0 Å². The van der Waals surface area contributed by atoms with E-state index in [1.165, 1.54) is 0 Å². The van der Waals surface area contributed by atoms with Gasteiger partial charge in [0.2, 0.25) is 0 Å². The molecule has 1 rings (SSSR count). The molecule has 16 heavy (non-hydrogen) atoms. The molecule has 4 nitrogen and oxygen atoms in total. The van der Waals surface area contributed by atoms with Gasteiger partial charge in [0.25, 0.3) is 0 Å². The Bertz CT molecular complexity index is 220. The van der Waals surface area contributed by atoms with Crippen molar-refractivity contribution >= 4 is 0 Å². The number of hydrogen-bond acceptors (Lipinski definition) is 4. The van der Waals surface area contributed by atoms with E-state index in [1.54, 1.807) is 0 Å². The van der Waals surface area contributed by atoms with Crippen LogP contribution in [0.1, 0.15) is 41.0 Å². The summed E-state index contributed by atoms with van der Waals surface area (Å²) in [5.41, 5.74) is 0.127. The van der Waals surface area contributed by atoms with Gasteiger partial charge in [-0.25, -0.2) is 0 Å². The van der Waals surface area contributed by atoms with Crippen molar-refractivity contribution in [2.45, 2.75) is 59.2 Å². The first kappa shape index (κ1) is 13.9. The molecule has 0 spiro atoms. The van der Waals surface area contributed by atoms with Crippen LogP contribution in [0.5, 0.6) is 0 Å². The maximum absolute atomic E-state index is 9.26. The fourth-order valence-electron chi connectivity index (χ4n) is 1.77. The Kier molecular flexibility index (Phi) is 4.35. The Morgan fingerprint density at radius 3 is 2.44 bits per heavy atom. The second-order valence-electron chi connectivity index (χ2n) is 5.96. The van der Waals surface area contributed by atoms with Crippen LogP contribution in [0.25, 0.3) is 0 Å². The second-order valence-corrected chi connectivity index (χ2v) is 5.96. The monoisotopic (exact) mass is 232 g/mol. The molecular weight excluding hydrogens is 208 g/mol. The third-order valence-electron chi connectivity index (χ3n) is 2.37. The minimum atomic E-state index is -0.577. The van der Waals surface area contributed by atoms with Crippen molar-refractivity contribution in [3.63, 3.8) is 0 Å². The van der Waals surface area contributed by atoms with Gasteiger partial charge in [0, 0.05) is 0 Å². The third kappa shape index (κ3) is 4.78. The molecule has 0 saturated carbocycles. The van der Waals surface area contributed by atoms with Crippen LogP contribution in [-0.2, 0) is 14.2 Å². The van der Waals surface area contributed by atoms with Gasteiger partial charge in [-0.1, -0.05) is 20.8 Å². The van der Waals surface area contributed by atoms with Crippen LogP contribution >= 0.6 is 0 Å².